The van der Waals surface area contributed by atoms with E-state index in [4.69, 9.17) is 20.9 Å². The molecule has 0 N–H and O–H groups in total. The Morgan fingerprint density at radius 1 is 0.964 bits per heavy atom. The van der Waals surface area contributed by atoms with E-state index in [0.717, 1.165) is 24.3 Å². The van der Waals surface area contributed by atoms with Crippen molar-refractivity contribution in [3.8, 4) is 0 Å². The van der Waals surface area contributed by atoms with E-state index in [9.17, 15) is 18.0 Å². The van der Waals surface area contributed by atoms with E-state index >= 15 is 0 Å². The zero-order valence-corrected chi connectivity index (χ0v) is 16.6. The van der Waals surface area contributed by atoms with Crippen LogP contribution in [0.25, 0.3) is 0 Å². The first-order chi connectivity index (χ1) is 12.8. The summed E-state index contributed by atoms with van der Waals surface area (Å²) in [6, 6.07) is 8.76. The number of hydrogen-bond acceptors (Lipinski definition) is 3. The smallest absolute Gasteiger partial charge is 0.399 e. The molecule has 1 fully saturated rings. The molecule has 0 radical (unpaired) electrons. The number of ketones is 1. The van der Waals surface area contributed by atoms with Crippen LogP contribution in [0.5, 0.6) is 0 Å². The van der Waals surface area contributed by atoms with Crippen LogP contribution in [-0.4, -0.2) is 24.1 Å². The molecule has 1 aliphatic rings. The zero-order valence-electron chi connectivity index (χ0n) is 15.9. The Kier molecular flexibility index (Phi) is 5.15. The Morgan fingerprint density at radius 3 is 2.00 bits per heavy atom. The third-order valence-electron chi connectivity index (χ3n) is 5.24. The predicted octanol–water partition coefficient (Wildman–Crippen LogP) is 4.89. The summed E-state index contributed by atoms with van der Waals surface area (Å²) in [5.74, 6) is -0.435. The normalized spacial score (nSPS) is 18.4. The fourth-order valence-electron chi connectivity index (χ4n) is 2.87. The molecule has 0 aliphatic carbocycles. The van der Waals surface area contributed by atoms with E-state index in [1.807, 2.05) is 27.7 Å². The van der Waals surface area contributed by atoms with Gasteiger partial charge in [0.25, 0.3) is 0 Å². The lowest BCUT2D eigenvalue weighted by Gasteiger charge is -2.32. The van der Waals surface area contributed by atoms with Gasteiger partial charge in [-0.25, -0.2) is 0 Å². The molecule has 0 aromatic heterocycles. The lowest BCUT2D eigenvalue weighted by molar-refractivity contribution is -0.137. The number of benzene rings is 2. The van der Waals surface area contributed by atoms with Gasteiger partial charge in [0.15, 0.2) is 5.78 Å². The first-order valence-electron chi connectivity index (χ1n) is 8.69. The molecule has 148 valence electrons. The van der Waals surface area contributed by atoms with Gasteiger partial charge in [0.05, 0.1) is 16.8 Å². The van der Waals surface area contributed by atoms with E-state index in [0.29, 0.717) is 10.5 Å². The molecule has 0 saturated carbocycles. The minimum Gasteiger partial charge on any atom is -0.399 e. The second-order valence-corrected chi connectivity index (χ2v) is 8.16. The molecule has 2 aromatic rings. The summed E-state index contributed by atoms with van der Waals surface area (Å²) in [6.07, 6.45) is -4.46. The number of hydrogen-bond donors (Lipinski definition) is 0. The number of carbonyl (C=O) groups excluding carboxylic acids is 1. The van der Waals surface area contributed by atoms with Gasteiger partial charge in [0, 0.05) is 16.1 Å². The quantitative estimate of drug-likeness (QED) is 0.534. The lowest BCUT2D eigenvalue weighted by atomic mass is 9.74. The Bertz CT molecular complexity index is 892. The highest BCUT2D eigenvalue weighted by atomic mass is 35.5. The maximum atomic E-state index is 13.0. The summed E-state index contributed by atoms with van der Waals surface area (Å²) in [5.41, 5.74) is -1.21. The largest absolute Gasteiger partial charge is 0.495 e. The van der Waals surface area contributed by atoms with Crippen molar-refractivity contribution in [1.29, 1.82) is 0 Å². The molecule has 0 unspecified atom stereocenters. The van der Waals surface area contributed by atoms with Crippen LogP contribution in [0.4, 0.5) is 13.2 Å². The summed E-state index contributed by atoms with van der Waals surface area (Å²) in [4.78, 5) is 13.0. The highest BCUT2D eigenvalue weighted by Gasteiger charge is 2.52. The molecule has 8 heteroatoms. The summed E-state index contributed by atoms with van der Waals surface area (Å²) in [7, 11) is -0.822. The van der Waals surface area contributed by atoms with Gasteiger partial charge in [0.2, 0.25) is 0 Å². The van der Waals surface area contributed by atoms with E-state index in [-0.39, 0.29) is 11.1 Å². The Hall–Kier alpha value is -1.83. The van der Waals surface area contributed by atoms with Crippen LogP contribution in [0.1, 0.15) is 49.2 Å². The van der Waals surface area contributed by atoms with Crippen LogP contribution in [0.3, 0.4) is 0 Å². The molecule has 3 rings (SSSR count). The minimum absolute atomic E-state index is 0.132. The van der Waals surface area contributed by atoms with Crippen LogP contribution < -0.4 is 5.46 Å². The monoisotopic (exact) mass is 410 g/mol. The molecule has 0 bridgehead atoms. The molecular weight excluding hydrogens is 391 g/mol. The van der Waals surface area contributed by atoms with E-state index in [2.05, 4.69) is 0 Å². The van der Waals surface area contributed by atoms with Crippen molar-refractivity contribution in [2.24, 2.45) is 0 Å². The minimum atomic E-state index is -4.46. The van der Waals surface area contributed by atoms with Crippen LogP contribution in [-0.2, 0) is 15.5 Å². The summed E-state index contributed by atoms with van der Waals surface area (Å²) >= 11 is 6.11. The van der Waals surface area contributed by atoms with Crippen molar-refractivity contribution in [1.82, 2.24) is 0 Å². The molecule has 3 nitrogen and oxygen atoms in total. The molecule has 1 heterocycles. The van der Waals surface area contributed by atoms with Crippen molar-refractivity contribution >= 4 is 30.0 Å². The van der Waals surface area contributed by atoms with Gasteiger partial charge < -0.3 is 9.31 Å². The second-order valence-electron chi connectivity index (χ2n) is 7.72. The number of carbonyl (C=O) groups is 1. The topological polar surface area (TPSA) is 35.5 Å². The molecule has 1 aliphatic heterocycles. The van der Waals surface area contributed by atoms with Crippen molar-refractivity contribution in [3.63, 3.8) is 0 Å². The Labute approximate surface area is 166 Å². The summed E-state index contributed by atoms with van der Waals surface area (Å²) in [6.45, 7) is 7.54. The third kappa shape index (κ3) is 3.84. The zero-order chi connectivity index (χ0) is 20.9. The first-order valence-corrected chi connectivity index (χ1v) is 9.07. The average molecular weight is 411 g/mol. The van der Waals surface area contributed by atoms with Crippen molar-refractivity contribution in [2.75, 3.05) is 0 Å². The van der Waals surface area contributed by atoms with E-state index in [1.54, 1.807) is 12.1 Å². The van der Waals surface area contributed by atoms with Crippen LogP contribution in [0.2, 0.25) is 5.02 Å². The summed E-state index contributed by atoms with van der Waals surface area (Å²) < 4.78 is 50.3. The van der Waals surface area contributed by atoms with Crippen LogP contribution >= 0.6 is 11.6 Å². The van der Waals surface area contributed by atoms with Crippen molar-refractivity contribution in [3.05, 3.63) is 64.2 Å². The third-order valence-corrected chi connectivity index (χ3v) is 5.47. The van der Waals surface area contributed by atoms with Gasteiger partial charge >= 0.3 is 13.3 Å². The fourth-order valence-corrected chi connectivity index (χ4v) is 3.05. The maximum Gasteiger partial charge on any atom is 0.495 e. The number of alkyl halides is 3. The number of rotatable bonds is 3. The average Bonchev–Trinajstić information content (AvgIpc) is 2.81. The van der Waals surface area contributed by atoms with E-state index in [1.165, 1.54) is 6.07 Å². The maximum absolute atomic E-state index is 13.0. The standard InChI is InChI=1S/C20H19BClF3O3/c1-18(2)19(3,4)28-21(27-18)16-11-14(22)9-10-15(16)17(26)12-5-7-13(8-6-12)20(23,24)25/h5-11H,1-4H3. The second kappa shape index (κ2) is 6.90. The van der Waals surface area contributed by atoms with Gasteiger partial charge in [-0.2, -0.15) is 13.2 Å². The Morgan fingerprint density at radius 2 is 1.50 bits per heavy atom. The lowest BCUT2D eigenvalue weighted by Crippen LogP contribution is -2.41. The van der Waals surface area contributed by atoms with Gasteiger partial charge in [-0.05, 0) is 63.5 Å². The molecular formula is C20H19BClF3O3. The molecule has 2 aromatic carbocycles. The molecule has 0 amide bonds. The highest BCUT2D eigenvalue weighted by Crippen LogP contribution is 2.37. The van der Waals surface area contributed by atoms with Crippen LogP contribution in [0.15, 0.2) is 42.5 Å². The highest BCUT2D eigenvalue weighted by molar-refractivity contribution is 6.64. The first kappa shape index (κ1) is 20.9. The molecule has 1 saturated heterocycles. The SMILES string of the molecule is CC1(C)OB(c2cc(Cl)ccc2C(=O)c2ccc(C(F)(F)F)cc2)OC1(C)C. The van der Waals surface area contributed by atoms with Gasteiger partial charge in [-0.1, -0.05) is 23.7 Å². The number of halogens is 4. The van der Waals surface area contributed by atoms with Crippen molar-refractivity contribution in [2.45, 2.75) is 45.1 Å². The van der Waals surface area contributed by atoms with E-state index < -0.39 is 35.8 Å². The van der Waals surface area contributed by atoms with Gasteiger partial charge in [-0.15, -0.1) is 0 Å². The van der Waals surface area contributed by atoms with Gasteiger partial charge in [-0.3, -0.25) is 4.79 Å². The van der Waals surface area contributed by atoms with Gasteiger partial charge in [0.1, 0.15) is 0 Å². The molecule has 0 atom stereocenters. The summed E-state index contributed by atoms with van der Waals surface area (Å²) in [5, 5.41) is 0.397. The molecule has 28 heavy (non-hydrogen) atoms. The fraction of sp³-hybridized carbons (Fsp3) is 0.350. The predicted molar refractivity (Wildman–Crippen MR) is 102 cm³/mol. The van der Waals surface area contributed by atoms with Crippen molar-refractivity contribution < 1.29 is 27.3 Å². The van der Waals surface area contributed by atoms with Crippen LogP contribution in [0, 0.1) is 0 Å². The Balaban J connectivity index is 1.98. The molecule has 0 spiro atoms.